The molecule has 0 bridgehead atoms. The summed E-state index contributed by atoms with van der Waals surface area (Å²) in [5, 5.41) is 2.69. The van der Waals surface area contributed by atoms with Gasteiger partial charge >= 0.3 is 0 Å². The highest BCUT2D eigenvalue weighted by Gasteiger charge is 2.48. The summed E-state index contributed by atoms with van der Waals surface area (Å²) in [6.45, 7) is 7.19. The summed E-state index contributed by atoms with van der Waals surface area (Å²) in [4.78, 5) is 1.66. The number of hydrazine groups is 1. The SMILES string of the molecule is CC1(C)C=C2NN(c3ccccc3)[P@@](=S)(c3ccccc3)C2=C([NH+]2CCCCC2)C1. The van der Waals surface area contributed by atoms with Crippen LogP contribution in [0.1, 0.15) is 39.5 Å². The predicted octanol–water partition coefficient (Wildman–Crippen LogP) is 4.33. The lowest BCUT2D eigenvalue weighted by atomic mass is 9.82. The Labute approximate surface area is 185 Å². The van der Waals surface area contributed by atoms with Crippen LogP contribution in [0.4, 0.5) is 5.69 Å². The number of hydrogen-bond donors (Lipinski definition) is 2. The van der Waals surface area contributed by atoms with Crippen LogP contribution in [0, 0.1) is 5.41 Å². The Morgan fingerprint density at radius 2 is 1.57 bits per heavy atom. The monoisotopic (exact) mass is 436 g/mol. The van der Waals surface area contributed by atoms with Gasteiger partial charge in [-0.25, -0.2) is 0 Å². The number of hydrogen-bond acceptors (Lipinski definition) is 2. The van der Waals surface area contributed by atoms with Crippen LogP contribution in [-0.4, -0.2) is 13.1 Å². The third kappa shape index (κ3) is 3.36. The molecule has 3 nitrogen and oxygen atoms in total. The van der Waals surface area contributed by atoms with Crippen LogP contribution < -0.4 is 20.4 Å². The van der Waals surface area contributed by atoms with Crippen molar-refractivity contribution in [2.75, 3.05) is 17.9 Å². The molecule has 2 fully saturated rings. The lowest BCUT2D eigenvalue weighted by Crippen LogP contribution is -3.11. The molecule has 0 amide bonds. The maximum Gasteiger partial charge on any atom is 0.121 e. The number of rotatable bonds is 3. The quantitative estimate of drug-likeness (QED) is 0.699. The van der Waals surface area contributed by atoms with Gasteiger partial charge < -0.3 is 4.90 Å². The first-order valence-corrected chi connectivity index (χ1v) is 13.8. The lowest BCUT2D eigenvalue weighted by Gasteiger charge is -2.36. The van der Waals surface area contributed by atoms with Crippen LogP contribution in [-0.2, 0) is 11.8 Å². The van der Waals surface area contributed by atoms with E-state index in [2.05, 4.69) is 90.8 Å². The second-order valence-electron chi connectivity index (χ2n) is 9.39. The maximum absolute atomic E-state index is 6.72. The molecule has 0 aromatic heterocycles. The van der Waals surface area contributed by atoms with Crippen molar-refractivity contribution in [1.29, 1.82) is 0 Å². The highest BCUT2D eigenvalue weighted by atomic mass is 32.4. The number of likely N-dealkylation sites (tertiary alicyclic amines) is 1. The Hall–Kier alpha value is -1.87. The molecule has 5 rings (SSSR count). The number of anilines is 1. The van der Waals surface area contributed by atoms with E-state index in [1.807, 2.05) is 0 Å². The highest BCUT2D eigenvalue weighted by Crippen LogP contribution is 2.65. The van der Waals surface area contributed by atoms with Crippen LogP contribution in [0.15, 0.2) is 83.4 Å². The fraction of sp³-hybridized carbons (Fsp3) is 0.360. The molecular formula is C25H31N3PS+. The molecule has 30 heavy (non-hydrogen) atoms. The molecule has 2 aromatic carbocycles. The van der Waals surface area contributed by atoms with Gasteiger partial charge in [0.05, 0.1) is 29.8 Å². The Bertz CT molecular complexity index is 1040. The fourth-order valence-corrected chi connectivity index (χ4v) is 9.58. The standard InChI is InChI=1S/C25H30N3PS/c1-25(2)18-22-24(23(19-25)27-16-10-5-11-17-27)29(30,21-14-8-4-9-15-21)28(26-22)20-12-6-3-7-13-20/h3-4,6-9,12-15,18,26H,5,10-11,16-17,19H2,1-2H3/p+1/t29-/m1/s1. The van der Waals surface area contributed by atoms with E-state index in [4.69, 9.17) is 11.8 Å². The fourth-order valence-electron chi connectivity index (χ4n) is 5.17. The van der Waals surface area contributed by atoms with Crippen molar-refractivity contribution in [3.05, 3.63) is 83.4 Å². The van der Waals surface area contributed by atoms with Gasteiger partial charge in [-0.15, -0.1) is 0 Å². The number of quaternary nitrogens is 1. The summed E-state index contributed by atoms with van der Waals surface area (Å²) in [7, 11) is 0. The van der Waals surface area contributed by atoms with Gasteiger partial charge in [0.1, 0.15) is 11.9 Å². The minimum atomic E-state index is -2.22. The van der Waals surface area contributed by atoms with Gasteiger partial charge in [0.2, 0.25) is 0 Å². The van der Waals surface area contributed by atoms with Crippen LogP contribution in [0.25, 0.3) is 0 Å². The molecular weight excluding hydrogens is 405 g/mol. The first-order valence-electron chi connectivity index (χ1n) is 11.1. The molecule has 0 spiro atoms. The number of nitrogens with one attached hydrogen (secondary N) is 2. The third-order valence-corrected chi connectivity index (χ3v) is 11.2. The number of para-hydroxylation sites is 1. The molecule has 5 heteroatoms. The van der Waals surface area contributed by atoms with Gasteiger partial charge in [-0.05, 0) is 36.8 Å². The van der Waals surface area contributed by atoms with Crippen LogP contribution >= 0.6 is 6.19 Å². The molecule has 0 radical (unpaired) electrons. The largest absolute Gasteiger partial charge is 0.305 e. The van der Waals surface area contributed by atoms with Crippen LogP contribution in [0.5, 0.6) is 0 Å². The van der Waals surface area contributed by atoms with Crippen molar-refractivity contribution in [3.8, 4) is 0 Å². The summed E-state index contributed by atoms with van der Waals surface area (Å²) in [6, 6.07) is 21.5. The molecule has 2 heterocycles. The van der Waals surface area contributed by atoms with E-state index >= 15 is 0 Å². The van der Waals surface area contributed by atoms with E-state index in [9.17, 15) is 0 Å². The smallest absolute Gasteiger partial charge is 0.121 e. The molecule has 0 unspecified atom stereocenters. The second kappa shape index (κ2) is 7.67. The topological polar surface area (TPSA) is 19.7 Å². The highest BCUT2D eigenvalue weighted by molar-refractivity contribution is 8.21. The summed E-state index contributed by atoms with van der Waals surface area (Å²) in [5.41, 5.74) is 7.89. The molecule has 0 saturated carbocycles. The van der Waals surface area contributed by atoms with Crippen molar-refractivity contribution in [3.63, 3.8) is 0 Å². The van der Waals surface area contributed by atoms with E-state index in [0.717, 1.165) is 12.1 Å². The number of benzene rings is 2. The van der Waals surface area contributed by atoms with Gasteiger partial charge in [-0.1, -0.05) is 80.3 Å². The van der Waals surface area contributed by atoms with E-state index in [1.54, 1.807) is 10.6 Å². The minimum Gasteiger partial charge on any atom is -0.305 e. The molecule has 3 aliphatic rings. The van der Waals surface area contributed by atoms with Gasteiger partial charge in [-0.3, -0.25) is 10.2 Å². The number of nitrogens with zero attached hydrogens (tertiary/aromatic N) is 1. The average Bonchev–Trinajstić information content (AvgIpc) is 3.07. The van der Waals surface area contributed by atoms with Crippen LogP contribution in [0.2, 0.25) is 0 Å². The van der Waals surface area contributed by atoms with Gasteiger partial charge in [-0.2, -0.15) is 0 Å². The Kier molecular flexibility index (Phi) is 5.13. The third-order valence-electron chi connectivity index (χ3n) is 6.51. The molecule has 2 N–H and O–H groups in total. The predicted molar refractivity (Wildman–Crippen MR) is 130 cm³/mol. The summed E-state index contributed by atoms with van der Waals surface area (Å²) >= 11 is 6.72. The number of fused-ring (bicyclic) bond motifs is 1. The van der Waals surface area contributed by atoms with Crippen LogP contribution in [0.3, 0.4) is 0 Å². The van der Waals surface area contributed by atoms with E-state index in [1.165, 1.54) is 48.7 Å². The molecule has 2 saturated heterocycles. The Morgan fingerprint density at radius 3 is 2.23 bits per heavy atom. The van der Waals surface area contributed by atoms with Gasteiger partial charge in [0.25, 0.3) is 0 Å². The minimum absolute atomic E-state index is 0.134. The van der Waals surface area contributed by atoms with Crippen molar-refractivity contribution in [2.24, 2.45) is 5.41 Å². The van der Waals surface area contributed by atoms with E-state index in [-0.39, 0.29) is 5.41 Å². The van der Waals surface area contributed by atoms with E-state index in [0.29, 0.717) is 0 Å². The normalized spacial score (nSPS) is 26.2. The summed E-state index contributed by atoms with van der Waals surface area (Å²) < 4.78 is 2.32. The average molecular weight is 437 g/mol. The van der Waals surface area contributed by atoms with Crippen molar-refractivity contribution in [2.45, 2.75) is 39.5 Å². The maximum atomic E-state index is 6.72. The molecule has 1 aliphatic carbocycles. The van der Waals surface area contributed by atoms with Crippen molar-refractivity contribution < 1.29 is 4.90 Å². The second-order valence-corrected chi connectivity index (χ2v) is 13.5. The molecule has 2 aliphatic heterocycles. The zero-order valence-electron chi connectivity index (χ0n) is 17.9. The molecule has 156 valence electrons. The molecule has 1 atom stereocenters. The van der Waals surface area contributed by atoms with Crippen molar-refractivity contribution >= 4 is 29.0 Å². The zero-order valence-corrected chi connectivity index (χ0v) is 19.6. The molecule has 2 aromatic rings. The van der Waals surface area contributed by atoms with E-state index < -0.39 is 6.19 Å². The summed E-state index contributed by atoms with van der Waals surface area (Å²) in [5.74, 6) is 0. The zero-order chi connectivity index (χ0) is 20.8. The lowest BCUT2D eigenvalue weighted by molar-refractivity contribution is -0.868. The first kappa shape index (κ1) is 20.1. The first-order chi connectivity index (χ1) is 14.5. The van der Waals surface area contributed by atoms with Crippen molar-refractivity contribution in [1.82, 2.24) is 5.43 Å². The number of allylic oxidation sites excluding steroid dienone is 3. The number of piperidine rings is 1. The van der Waals surface area contributed by atoms with Gasteiger partial charge in [0, 0.05) is 11.7 Å². The van der Waals surface area contributed by atoms with Gasteiger partial charge in [0.15, 0.2) is 0 Å². The summed E-state index contributed by atoms with van der Waals surface area (Å²) in [6.07, 6.45) is 5.30. The Morgan fingerprint density at radius 1 is 0.933 bits per heavy atom. The Balaban J connectivity index is 1.75.